The second-order valence-corrected chi connectivity index (χ2v) is 5.36. The van der Waals surface area contributed by atoms with Crippen LogP contribution >= 0.6 is 0 Å². The molecule has 1 N–H and O–H groups in total. The Morgan fingerprint density at radius 1 is 1.20 bits per heavy atom. The first-order chi connectivity index (χ1) is 7.28. The minimum absolute atomic E-state index is 0.0384. The van der Waals surface area contributed by atoms with Crippen LogP contribution in [0.4, 0.5) is 0 Å². The number of carbonyl (C=O) groups is 1. The lowest BCUT2D eigenvalue weighted by Crippen LogP contribution is -2.48. The summed E-state index contributed by atoms with van der Waals surface area (Å²) in [5, 5.41) is 3.21. The van der Waals surface area contributed by atoms with Gasteiger partial charge in [0.25, 0.3) is 0 Å². The van der Waals surface area contributed by atoms with Gasteiger partial charge in [0.2, 0.25) is 0 Å². The van der Waals surface area contributed by atoms with Gasteiger partial charge in [-0.05, 0) is 32.7 Å². The molecule has 0 aromatic carbocycles. The Hall–Kier alpha value is -0.370. The van der Waals surface area contributed by atoms with Crippen molar-refractivity contribution < 1.29 is 4.79 Å². The molecule has 2 saturated carbocycles. The molecule has 0 unspecified atom stereocenters. The van der Waals surface area contributed by atoms with Crippen LogP contribution in [0.1, 0.15) is 51.4 Å². The average molecular weight is 209 g/mol. The van der Waals surface area contributed by atoms with E-state index in [4.69, 9.17) is 0 Å². The molecule has 0 radical (unpaired) electrons. The summed E-state index contributed by atoms with van der Waals surface area (Å²) in [6.07, 6.45) is 9.70. The van der Waals surface area contributed by atoms with E-state index >= 15 is 0 Å². The maximum atomic E-state index is 12.5. The van der Waals surface area contributed by atoms with Crippen LogP contribution in [0.2, 0.25) is 0 Å². The first-order valence-electron chi connectivity index (χ1n) is 6.47. The number of hydrogen-bond acceptors (Lipinski definition) is 2. The zero-order valence-electron chi connectivity index (χ0n) is 9.85. The van der Waals surface area contributed by atoms with Gasteiger partial charge in [-0.15, -0.1) is 0 Å². The van der Waals surface area contributed by atoms with Crippen LogP contribution in [0.15, 0.2) is 0 Å². The topological polar surface area (TPSA) is 29.1 Å². The van der Waals surface area contributed by atoms with Crippen molar-refractivity contribution in [1.29, 1.82) is 0 Å². The van der Waals surface area contributed by atoms with Gasteiger partial charge >= 0.3 is 0 Å². The van der Waals surface area contributed by atoms with Crippen LogP contribution < -0.4 is 5.32 Å². The van der Waals surface area contributed by atoms with Gasteiger partial charge in [0.1, 0.15) is 5.78 Å². The summed E-state index contributed by atoms with van der Waals surface area (Å²) < 4.78 is 0. The molecule has 0 aromatic rings. The number of hydrogen-bond donors (Lipinski definition) is 1. The molecule has 2 fully saturated rings. The molecule has 0 amide bonds. The molecule has 2 rings (SSSR count). The normalized spacial score (nSPS) is 25.9. The van der Waals surface area contributed by atoms with Crippen molar-refractivity contribution in [2.24, 2.45) is 11.3 Å². The fraction of sp³-hybridized carbons (Fsp3) is 0.923. The summed E-state index contributed by atoms with van der Waals surface area (Å²) in [6, 6.07) is 0. The highest BCUT2D eigenvalue weighted by molar-refractivity contribution is 5.88. The lowest BCUT2D eigenvalue weighted by Gasteiger charge is -2.43. The highest BCUT2D eigenvalue weighted by Crippen LogP contribution is 2.45. The zero-order chi connectivity index (χ0) is 10.7. The SMILES string of the molecule is CNCC1(C(=O)C2CCCCC2)CCC1. The molecular weight excluding hydrogens is 186 g/mol. The molecule has 2 aliphatic rings. The van der Waals surface area contributed by atoms with Crippen LogP contribution in [-0.4, -0.2) is 19.4 Å². The van der Waals surface area contributed by atoms with Crippen LogP contribution in [0.25, 0.3) is 0 Å². The van der Waals surface area contributed by atoms with Crippen LogP contribution in [0.5, 0.6) is 0 Å². The predicted octanol–water partition coefficient (Wildman–Crippen LogP) is 2.53. The molecule has 0 aromatic heterocycles. The minimum Gasteiger partial charge on any atom is -0.319 e. The zero-order valence-corrected chi connectivity index (χ0v) is 9.85. The van der Waals surface area contributed by atoms with Crippen molar-refractivity contribution in [3.63, 3.8) is 0 Å². The Morgan fingerprint density at radius 3 is 2.33 bits per heavy atom. The van der Waals surface area contributed by atoms with Crippen LogP contribution in [0, 0.1) is 11.3 Å². The highest BCUT2D eigenvalue weighted by atomic mass is 16.1. The predicted molar refractivity (Wildman–Crippen MR) is 61.8 cm³/mol. The van der Waals surface area contributed by atoms with Crippen molar-refractivity contribution in [2.75, 3.05) is 13.6 Å². The summed E-state index contributed by atoms with van der Waals surface area (Å²) in [5.74, 6) is 0.982. The van der Waals surface area contributed by atoms with E-state index in [0.29, 0.717) is 11.7 Å². The molecule has 15 heavy (non-hydrogen) atoms. The Bertz CT molecular complexity index is 227. The van der Waals surface area contributed by atoms with E-state index in [9.17, 15) is 4.79 Å². The minimum atomic E-state index is 0.0384. The van der Waals surface area contributed by atoms with Crippen molar-refractivity contribution in [2.45, 2.75) is 51.4 Å². The molecule has 0 saturated heterocycles. The number of carbonyl (C=O) groups excluding carboxylic acids is 1. The summed E-state index contributed by atoms with van der Waals surface area (Å²) in [6.45, 7) is 0.905. The van der Waals surface area contributed by atoms with Crippen molar-refractivity contribution >= 4 is 5.78 Å². The molecule has 2 nitrogen and oxygen atoms in total. The molecular formula is C13H23NO. The van der Waals surface area contributed by atoms with E-state index in [1.54, 1.807) is 0 Å². The third kappa shape index (κ3) is 2.10. The maximum Gasteiger partial charge on any atom is 0.143 e. The number of ketones is 1. The molecule has 2 heteroatoms. The first kappa shape index (κ1) is 11.1. The van der Waals surface area contributed by atoms with E-state index < -0.39 is 0 Å². The lowest BCUT2D eigenvalue weighted by atomic mass is 9.61. The molecule has 2 aliphatic carbocycles. The quantitative estimate of drug-likeness (QED) is 0.771. The number of Topliss-reactive ketones (excluding diaryl/α,β-unsaturated/α-hetero) is 1. The fourth-order valence-corrected chi connectivity index (χ4v) is 3.25. The molecule has 0 atom stereocenters. The maximum absolute atomic E-state index is 12.5. The lowest BCUT2D eigenvalue weighted by molar-refractivity contribution is -0.138. The van der Waals surface area contributed by atoms with E-state index in [0.717, 1.165) is 32.2 Å². The van der Waals surface area contributed by atoms with Gasteiger partial charge in [-0.1, -0.05) is 25.7 Å². The second-order valence-electron chi connectivity index (χ2n) is 5.36. The highest BCUT2D eigenvalue weighted by Gasteiger charge is 2.45. The summed E-state index contributed by atoms with van der Waals surface area (Å²) in [7, 11) is 1.97. The molecule has 86 valence electrons. The van der Waals surface area contributed by atoms with E-state index in [1.807, 2.05) is 7.05 Å². The smallest absolute Gasteiger partial charge is 0.143 e. The van der Waals surface area contributed by atoms with Gasteiger partial charge in [-0.25, -0.2) is 0 Å². The Balaban J connectivity index is 1.97. The first-order valence-corrected chi connectivity index (χ1v) is 6.47. The van der Waals surface area contributed by atoms with Gasteiger partial charge in [0.05, 0.1) is 0 Å². The molecule has 0 aliphatic heterocycles. The fourth-order valence-electron chi connectivity index (χ4n) is 3.25. The monoisotopic (exact) mass is 209 g/mol. The van der Waals surface area contributed by atoms with E-state index in [-0.39, 0.29) is 5.41 Å². The van der Waals surface area contributed by atoms with Crippen LogP contribution in [-0.2, 0) is 4.79 Å². The third-order valence-electron chi connectivity index (χ3n) is 4.32. The van der Waals surface area contributed by atoms with Gasteiger partial charge in [0, 0.05) is 17.9 Å². The average Bonchev–Trinajstić information content (AvgIpc) is 2.24. The Kier molecular flexibility index (Phi) is 3.45. The largest absolute Gasteiger partial charge is 0.319 e. The van der Waals surface area contributed by atoms with Crippen molar-refractivity contribution in [3.05, 3.63) is 0 Å². The van der Waals surface area contributed by atoms with Crippen molar-refractivity contribution in [3.8, 4) is 0 Å². The second kappa shape index (κ2) is 4.65. The summed E-state index contributed by atoms with van der Waals surface area (Å²) in [5.41, 5.74) is 0.0384. The Labute approximate surface area is 92.8 Å². The Morgan fingerprint density at radius 2 is 1.87 bits per heavy atom. The summed E-state index contributed by atoms with van der Waals surface area (Å²) >= 11 is 0. The third-order valence-corrected chi connectivity index (χ3v) is 4.32. The molecule has 0 spiro atoms. The number of nitrogens with one attached hydrogen (secondary N) is 1. The van der Waals surface area contributed by atoms with Gasteiger partial charge in [-0.3, -0.25) is 4.79 Å². The van der Waals surface area contributed by atoms with Gasteiger partial charge in [0.15, 0.2) is 0 Å². The van der Waals surface area contributed by atoms with Gasteiger partial charge < -0.3 is 5.32 Å². The molecule has 0 bridgehead atoms. The van der Waals surface area contributed by atoms with E-state index in [2.05, 4.69) is 5.32 Å². The molecule has 0 heterocycles. The van der Waals surface area contributed by atoms with Crippen LogP contribution in [0.3, 0.4) is 0 Å². The summed E-state index contributed by atoms with van der Waals surface area (Å²) in [4.78, 5) is 12.5. The van der Waals surface area contributed by atoms with E-state index in [1.165, 1.54) is 25.7 Å². The standard InChI is InChI=1S/C13H23NO/c1-14-10-13(8-5-9-13)12(15)11-6-3-2-4-7-11/h11,14H,2-10H2,1H3. The van der Waals surface area contributed by atoms with Gasteiger partial charge in [-0.2, -0.15) is 0 Å². The number of rotatable bonds is 4. The van der Waals surface area contributed by atoms with Crippen molar-refractivity contribution in [1.82, 2.24) is 5.32 Å².